The fourth-order valence-corrected chi connectivity index (χ4v) is 3.32. The number of unbranched alkanes of at least 4 members (excludes halogenated alkanes) is 2. The Labute approximate surface area is 122 Å². The Balaban J connectivity index is 1.65. The largest absolute Gasteiger partial charge is 0.481 e. The molecule has 0 aromatic carbocycles. The molecule has 0 aromatic heterocycles. The monoisotopic (exact) mass is 282 g/mol. The van der Waals surface area contributed by atoms with Crippen LogP contribution < -0.4 is 0 Å². The topological polar surface area (TPSA) is 55.8 Å². The van der Waals surface area contributed by atoms with Gasteiger partial charge in [-0.3, -0.25) is 4.79 Å². The zero-order valence-corrected chi connectivity index (χ0v) is 12.6. The maximum absolute atomic E-state index is 10.9. The first-order valence-electron chi connectivity index (χ1n) is 8.16. The van der Waals surface area contributed by atoms with Gasteiger partial charge in [0.15, 0.2) is 0 Å². The molecule has 20 heavy (non-hydrogen) atoms. The van der Waals surface area contributed by atoms with Crippen LogP contribution in [-0.4, -0.2) is 31.4 Å². The smallest absolute Gasteiger partial charge is 0.460 e. The Morgan fingerprint density at radius 1 is 1.15 bits per heavy atom. The van der Waals surface area contributed by atoms with E-state index >= 15 is 0 Å². The molecule has 0 atom stereocenters. The third-order valence-electron chi connectivity index (χ3n) is 4.71. The van der Waals surface area contributed by atoms with Gasteiger partial charge in [0.2, 0.25) is 0 Å². The molecule has 0 amide bonds. The quantitative estimate of drug-likeness (QED) is 0.599. The van der Waals surface area contributed by atoms with E-state index in [0.29, 0.717) is 11.7 Å². The average molecular weight is 282 g/mol. The van der Waals surface area contributed by atoms with Gasteiger partial charge in [-0.1, -0.05) is 39.0 Å². The lowest BCUT2D eigenvalue weighted by Gasteiger charge is -2.34. The first-order chi connectivity index (χ1) is 9.70. The minimum atomic E-state index is -0.648. The molecule has 1 aliphatic heterocycles. The zero-order valence-electron chi connectivity index (χ0n) is 12.6. The molecule has 0 unspecified atom stereocenters. The van der Waals surface area contributed by atoms with Crippen molar-refractivity contribution in [2.24, 2.45) is 11.8 Å². The van der Waals surface area contributed by atoms with Crippen molar-refractivity contribution >= 4 is 13.1 Å². The molecule has 1 saturated carbocycles. The normalized spacial score (nSPS) is 28.6. The van der Waals surface area contributed by atoms with E-state index in [1.807, 2.05) is 0 Å². The van der Waals surface area contributed by atoms with Crippen LogP contribution in [-0.2, 0) is 14.1 Å². The molecular formula is C15H27BO4. The Kier molecular flexibility index (Phi) is 6.36. The number of hydrogen-bond donors (Lipinski definition) is 1. The molecule has 0 bridgehead atoms. The van der Waals surface area contributed by atoms with Crippen LogP contribution in [0.5, 0.6) is 0 Å². The highest BCUT2D eigenvalue weighted by Gasteiger charge is 2.38. The third kappa shape index (κ3) is 4.49. The second-order valence-corrected chi connectivity index (χ2v) is 6.35. The lowest BCUT2D eigenvalue weighted by atomic mass is 9.62. The minimum absolute atomic E-state index is 0.0906. The molecule has 2 rings (SSSR count). The van der Waals surface area contributed by atoms with Crippen LogP contribution in [0.25, 0.3) is 0 Å². The van der Waals surface area contributed by atoms with Crippen molar-refractivity contribution in [3.63, 3.8) is 0 Å². The summed E-state index contributed by atoms with van der Waals surface area (Å²) in [5.74, 6) is 0.136. The van der Waals surface area contributed by atoms with Gasteiger partial charge in [-0.15, -0.1) is 0 Å². The van der Waals surface area contributed by atoms with Gasteiger partial charge in [0, 0.05) is 19.1 Å². The van der Waals surface area contributed by atoms with Crippen LogP contribution in [0.2, 0.25) is 5.82 Å². The van der Waals surface area contributed by atoms with Gasteiger partial charge in [0.1, 0.15) is 0 Å². The Hall–Kier alpha value is -0.545. The van der Waals surface area contributed by atoms with Crippen molar-refractivity contribution in [1.29, 1.82) is 0 Å². The highest BCUT2D eigenvalue weighted by atomic mass is 16.6. The molecule has 1 aliphatic carbocycles. The van der Waals surface area contributed by atoms with E-state index in [1.165, 1.54) is 25.7 Å². The van der Waals surface area contributed by atoms with Crippen molar-refractivity contribution in [2.45, 2.75) is 64.1 Å². The summed E-state index contributed by atoms with van der Waals surface area (Å²) in [6, 6.07) is 0. The van der Waals surface area contributed by atoms with E-state index in [0.717, 1.165) is 38.9 Å². The van der Waals surface area contributed by atoms with Gasteiger partial charge in [0.05, 0.1) is 5.92 Å². The number of carbonyl (C=O) groups is 1. The fourth-order valence-electron chi connectivity index (χ4n) is 3.32. The molecule has 1 N–H and O–H groups in total. The molecular weight excluding hydrogens is 255 g/mol. The second kappa shape index (κ2) is 8.03. The van der Waals surface area contributed by atoms with Gasteiger partial charge >= 0.3 is 13.1 Å². The summed E-state index contributed by atoms with van der Waals surface area (Å²) in [5, 5.41) is 9.01. The maximum atomic E-state index is 10.9. The van der Waals surface area contributed by atoms with Crippen LogP contribution in [0.1, 0.15) is 58.3 Å². The minimum Gasteiger partial charge on any atom is -0.481 e. The summed E-state index contributed by atoms with van der Waals surface area (Å²) in [4.78, 5) is 10.9. The molecule has 0 radical (unpaired) electrons. The van der Waals surface area contributed by atoms with Gasteiger partial charge in [0.25, 0.3) is 0 Å². The van der Waals surface area contributed by atoms with E-state index in [9.17, 15) is 4.79 Å². The van der Waals surface area contributed by atoms with Crippen LogP contribution in [0, 0.1) is 11.8 Å². The van der Waals surface area contributed by atoms with Crippen molar-refractivity contribution < 1.29 is 19.2 Å². The van der Waals surface area contributed by atoms with Gasteiger partial charge in [-0.25, -0.2) is 0 Å². The molecule has 2 fully saturated rings. The van der Waals surface area contributed by atoms with Crippen molar-refractivity contribution in [1.82, 2.24) is 0 Å². The molecule has 114 valence electrons. The molecule has 1 heterocycles. The summed E-state index contributed by atoms with van der Waals surface area (Å²) in [7, 11) is -0.0906. The molecule has 1 saturated heterocycles. The standard InChI is InChI=1S/C15H27BO4/c1-2-3-4-5-12-10-19-16(20-11-12)14-8-6-13(7-9-14)15(17)18/h12-14H,2-11H2,1H3,(H,17,18). The van der Waals surface area contributed by atoms with Crippen LogP contribution in [0.4, 0.5) is 0 Å². The maximum Gasteiger partial charge on any atom is 0.460 e. The number of aliphatic carboxylic acids is 1. The molecule has 5 heteroatoms. The summed E-state index contributed by atoms with van der Waals surface area (Å²) >= 11 is 0. The third-order valence-corrected chi connectivity index (χ3v) is 4.71. The zero-order chi connectivity index (χ0) is 14.4. The van der Waals surface area contributed by atoms with Crippen molar-refractivity contribution in [3.05, 3.63) is 0 Å². The van der Waals surface area contributed by atoms with Gasteiger partial charge in [-0.2, -0.15) is 0 Å². The summed E-state index contributed by atoms with van der Waals surface area (Å²) in [6.07, 6.45) is 8.38. The van der Waals surface area contributed by atoms with Crippen LogP contribution >= 0.6 is 0 Å². The predicted molar refractivity (Wildman–Crippen MR) is 78.6 cm³/mol. The lowest BCUT2D eigenvalue weighted by molar-refractivity contribution is -0.142. The number of carboxylic acids is 1. The van der Waals surface area contributed by atoms with Crippen molar-refractivity contribution in [3.8, 4) is 0 Å². The Bertz CT molecular complexity index is 294. The average Bonchev–Trinajstić information content (AvgIpc) is 2.48. The predicted octanol–water partition coefficient (Wildman–Crippen LogP) is 3.36. The van der Waals surface area contributed by atoms with Gasteiger partial charge < -0.3 is 14.4 Å². The first-order valence-corrected chi connectivity index (χ1v) is 8.16. The van der Waals surface area contributed by atoms with E-state index in [1.54, 1.807) is 0 Å². The van der Waals surface area contributed by atoms with E-state index in [-0.39, 0.29) is 13.0 Å². The Morgan fingerprint density at radius 3 is 2.35 bits per heavy atom. The fraction of sp³-hybridized carbons (Fsp3) is 0.933. The van der Waals surface area contributed by atoms with Crippen molar-refractivity contribution in [2.75, 3.05) is 13.2 Å². The molecule has 4 nitrogen and oxygen atoms in total. The van der Waals surface area contributed by atoms with Crippen LogP contribution in [0.15, 0.2) is 0 Å². The lowest BCUT2D eigenvalue weighted by Crippen LogP contribution is -2.40. The number of carboxylic acid groups (broad SMARTS) is 1. The number of hydrogen-bond acceptors (Lipinski definition) is 3. The highest BCUT2D eigenvalue weighted by Crippen LogP contribution is 2.36. The second-order valence-electron chi connectivity index (χ2n) is 6.35. The molecule has 0 aromatic rings. The van der Waals surface area contributed by atoms with Crippen LogP contribution in [0.3, 0.4) is 0 Å². The highest BCUT2D eigenvalue weighted by molar-refractivity contribution is 6.46. The first kappa shape index (κ1) is 15.8. The molecule has 0 spiro atoms. The SMILES string of the molecule is CCCCCC1COB(C2CCC(C(=O)O)CC2)OC1. The van der Waals surface area contributed by atoms with E-state index in [4.69, 9.17) is 14.4 Å². The number of rotatable bonds is 6. The Morgan fingerprint density at radius 2 is 1.80 bits per heavy atom. The van der Waals surface area contributed by atoms with Gasteiger partial charge in [-0.05, 0) is 25.1 Å². The summed E-state index contributed by atoms with van der Waals surface area (Å²) in [5.41, 5.74) is 0. The van der Waals surface area contributed by atoms with E-state index < -0.39 is 5.97 Å². The molecule has 2 aliphatic rings. The summed E-state index contributed by atoms with van der Waals surface area (Å²) < 4.78 is 11.8. The van der Waals surface area contributed by atoms with E-state index in [2.05, 4.69) is 6.92 Å². The summed E-state index contributed by atoms with van der Waals surface area (Å²) in [6.45, 7) is 3.85.